The minimum absolute atomic E-state index is 0.498. The highest BCUT2D eigenvalue weighted by molar-refractivity contribution is 7.93. The summed E-state index contributed by atoms with van der Waals surface area (Å²) in [7, 11) is 0. The lowest BCUT2D eigenvalue weighted by Crippen LogP contribution is -2.55. The van der Waals surface area contributed by atoms with Crippen molar-refractivity contribution in [1.82, 2.24) is 0 Å². The predicted molar refractivity (Wildman–Crippen MR) is 83.5 cm³/mol. The summed E-state index contributed by atoms with van der Waals surface area (Å²) >= 11 is 0.793. The van der Waals surface area contributed by atoms with Gasteiger partial charge in [-0.2, -0.15) is 0 Å². The molecule has 3 heteroatoms. The summed E-state index contributed by atoms with van der Waals surface area (Å²) in [6.45, 7) is 0.915. The van der Waals surface area contributed by atoms with Gasteiger partial charge in [-0.25, -0.2) is 0 Å². The Bertz CT molecular complexity index is 565. The molecule has 0 aromatic heterocycles. The Morgan fingerprint density at radius 2 is 1.86 bits per heavy atom. The number of benzene rings is 1. The summed E-state index contributed by atoms with van der Waals surface area (Å²) in [5.74, 6) is 4.01. The fourth-order valence-corrected chi connectivity index (χ4v) is 6.91. The highest BCUT2D eigenvalue weighted by atomic mass is 32.2. The van der Waals surface area contributed by atoms with Gasteiger partial charge in [0.05, 0.1) is 6.61 Å². The molecule has 5 atom stereocenters. The quantitative estimate of drug-likeness (QED) is 0.806. The highest BCUT2D eigenvalue weighted by Gasteiger charge is 2.74. The molecule has 5 unspecified atom stereocenters. The summed E-state index contributed by atoms with van der Waals surface area (Å²) in [4.78, 5) is 0.873. The Labute approximate surface area is 130 Å². The smallest absolute Gasteiger partial charge is 0.119 e. The van der Waals surface area contributed by atoms with E-state index in [9.17, 15) is 0 Å². The zero-order valence-corrected chi connectivity index (χ0v) is 13.1. The molecular formula is C18H22O2S. The van der Waals surface area contributed by atoms with Crippen LogP contribution in [0.15, 0.2) is 29.2 Å². The Kier molecular flexibility index (Phi) is 2.57. The normalized spacial score (nSPS) is 45.5. The lowest BCUT2D eigenvalue weighted by atomic mass is 9.46. The molecule has 0 aliphatic heterocycles. The molecule has 5 rings (SSSR count). The first-order valence-corrected chi connectivity index (χ1v) is 9.05. The molecule has 0 saturated heterocycles. The van der Waals surface area contributed by atoms with Gasteiger partial charge in [0.15, 0.2) is 0 Å². The standard InChI is InChI=1S/C18H22O2S/c19-21-16-3-1-15(2-4-16)20-11-17-7-13-5-12-6-14(10-17)18(17,8-12)9-13/h1-4,12-14,19H,5-11H2. The molecule has 3 bridgehead atoms. The van der Waals surface area contributed by atoms with Crippen molar-refractivity contribution in [3.8, 4) is 5.75 Å². The van der Waals surface area contributed by atoms with Crippen LogP contribution in [-0.4, -0.2) is 11.2 Å². The zero-order valence-electron chi connectivity index (χ0n) is 12.3. The number of rotatable bonds is 4. The van der Waals surface area contributed by atoms with Crippen molar-refractivity contribution in [2.24, 2.45) is 28.6 Å². The molecule has 112 valence electrons. The molecule has 4 aliphatic carbocycles. The average molecular weight is 302 g/mol. The van der Waals surface area contributed by atoms with Gasteiger partial charge in [0.25, 0.3) is 0 Å². The van der Waals surface area contributed by atoms with Crippen LogP contribution in [0.1, 0.15) is 38.5 Å². The monoisotopic (exact) mass is 302 g/mol. The van der Waals surface area contributed by atoms with E-state index in [2.05, 4.69) is 0 Å². The third-order valence-corrected chi connectivity index (χ3v) is 7.67. The minimum Gasteiger partial charge on any atom is -0.493 e. The Hall–Kier alpha value is -0.670. The van der Waals surface area contributed by atoms with Crippen molar-refractivity contribution >= 4 is 12.0 Å². The molecule has 4 fully saturated rings. The lowest BCUT2D eigenvalue weighted by Gasteiger charge is -2.58. The first kappa shape index (κ1) is 12.8. The Morgan fingerprint density at radius 3 is 2.67 bits per heavy atom. The first-order valence-electron chi connectivity index (χ1n) is 8.27. The predicted octanol–water partition coefficient (Wildman–Crippen LogP) is 4.85. The summed E-state index contributed by atoms with van der Waals surface area (Å²) in [6.07, 6.45) is 8.85. The molecule has 1 aromatic rings. The molecule has 4 aliphatic rings. The van der Waals surface area contributed by atoms with E-state index >= 15 is 0 Å². The van der Waals surface area contributed by atoms with Gasteiger partial charge in [-0.15, -0.1) is 0 Å². The molecule has 2 nitrogen and oxygen atoms in total. The van der Waals surface area contributed by atoms with Gasteiger partial charge in [-0.1, -0.05) is 0 Å². The van der Waals surface area contributed by atoms with Gasteiger partial charge in [0.1, 0.15) is 5.75 Å². The van der Waals surface area contributed by atoms with Crippen LogP contribution in [0.25, 0.3) is 0 Å². The second-order valence-electron chi connectivity index (χ2n) is 8.00. The van der Waals surface area contributed by atoms with Crippen LogP contribution in [0, 0.1) is 28.6 Å². The van der Waals surface area contributed by atoms with Crippen molar-refractivity contribution in [2.75, 3.05) is 6.61 Å². The first-order chi connectivity index (χ1) is 10.2. The van der Waals surface area contributed by atoms with Crippen molar-refractivity contribution < 1.29 is 9.29 Å². The van der Waals surface area contributed by atoms with Gasteiger partial charge in [0, 0.05) is 22.4 Å². The van der Waals surface area contributed by atoms with E-state index in [0.29, 0.717) is 10.8 Å². The molecule has 4 saturated carbocycles. The molecule has 0 amide bonds. The van der Waals surface area contributed by atoms with Crippen molar-refractivity contribution in [2.45, 2.75) is 43.4 Å². The van der Waals surface area contributed by atoms with E-state index < -0.39 is 0 Å². The van der Waals surface area contributed by atoms with Crippen LogP contribution in [0.3, 0.4) is 0 Å². The third-order valence-electron chi connectivity index (χ3n) is 7.19. The minimum atomic E-state index is 0.498. The van der Waals surface area contributed by atoms with Crippen LogP contribution in [0.2, 0.25) is 0 Å². The van der Waals surface area contributed by atoms with E-state index in [0.717, 1.165) is 47.0 Å². The Morgan fingerprint density at radius 1 is 1.05 bits per heavy atom. The maximum atomic E-state index is 9.03. The van der Waals surface area contributed by atoms with Gasteiger partial charge < -0.3 is 9.29 Å². The number of fused-ring (bicyclic) bond motifs is 2. The van der Waals surface area contributed by atoms with Crippen LogP contribution in [0.5, 0.6) is 5.75 Å². The van der Waals surface area contributed by atoms with Crippen molar-refractivity contribution in [3.63, 3.8) is 0 Å². The van der Waals surface area contributed by atoms with Gasteiger partial charge in [-0.05, 0) is 86.0 Å². The van der Waals surface area contributed by atoms with Gasteiger partial charge >= 0.3 is 0 Å². The molecule has 21 heavy (non-hydrogen) atoms. The van der Waals surface area contributed by atoms with Crippen molar-refractivity contribution in [3.05, 3.63) is 24.3 Å². The summed E-state index contributed by atoms with van der Waals surface area (Å²) in [5, 5.41) is 0. The van der Waals surface area contributed by atoms with Gasteiger partial charge in [0.2, 0.25) is 0 Å². The largest absolute Gasteiger partial charge is 0.493 e. The SMILES string of the molecule is OSc1ccc(OCC23CC4CC5CC(C2)C3(C5)C4)cc1. The summed E-state index contributed by atoms with van der Waals surface area (Å²) in [6, 6.07) is 7.83. The fraction of sp³-hybridized carbons (Fsp3) is 0.667. The molecular weight excluding hydrogens is 280 g/mol. The van der Waals surface area contributed by atoms with E-state index in [1.807, 2.05) is 24.3 Å². The second kappa shape index (κ2) is 4.20. The van der Waals surface area contributed by atoms with Crippen molar-refractivity contribution in [1.29, 1.82) is 0 Å². The molecule has 1 N–H and O–H groups in total. The van der Waals surface area contributed by atoms with E-state index in [1.54, 1.807) is 0 Å². The maximum absolute atomic E-state index is 9.03. The molecule has 1 aromatic carbocycles. The Balaban J connectivity index is 1.35. The zero-order chi connectivity index (χ0) is 14.1. The van der Waals surface area contributed by atoms with Crippen LogP contribution >= 0.6 is 12.0 Å². The van der Waals surface area contributed by atoms with Crippen LogP contribution in [0.4, 0.5) is 0 Å². The highest BCUT2D eigenvalue weighted by Crippen LogP contribution is 2.81. The number of ether oxygens (including phenoxy) is 1. The summed E-state index contributed by atoms with van der Waals surface area (Å²) < 4.78 is 15.2. The van der Waals surface area contributed by atoms with E-state index in [4.69, 9.17) is 9.29 Å². The van der Waals surface area contributed by atoms with E-state index in [-0.39, 0.29) is 0 Å². The van der Waals surface area contributed by atoms with E-state index in [1.165, 1.54) is 38.5 Å². The number of hydrogen-bond donors (Lipinski definition) is 1. The van der Waals surface area contributed by atoms with Gasteiger partial charge in [-0.3, -0.25) is 0 Å². The lowest BCUT2D eigenvalue weighted by molar-refractivity contribution is -0.123. The molecule has 0 heterocycles. The number of hydrogen-bond acceptors (Lipinski definition) is 3. The third kappa shape index (κ3) is 1.60. The topological polar surface area (TPSA) is 29.5 Å². The fourth-order valence-electron chi connectivity index (χ4n) is 6.66. The second-order valence-corrected chi connectivity index (χ2v) is 8.66. The molecule has 1 spiro atoms. The van der Waals surface area contributed by atoms with Crippen LogP contribution in [-0.2, 0) is 0 Å². The summed E-state index contributed by atoms with van der Waals surface area (Å²) in [5.41, 5.74) is 1.17. The molecule has 0 radical (unpaired) electrons. The average Bonchev–Trinajstić information content (AvgIpc) is 2.81. The van der Waals surface area contributed by atoms with Crippen LogP contribution < -0.4 is 4.74 Å². The maximum Gasteiger partial charge on any atom is 0.119 e.